The smallest absolute Gasteiger partial charge is 0.220 e. The summed E-state index contributed by atoms with van der Waals surface area (Å²) in [7, 11) is -2.87. The van der Waals surface area contributed by atoms with E-state index < -0.39 is 35.6 Å². The minimum absolute atomic E-state index is 0.427. The van der Waals surface area contributed by atoms with Crippen LogP contribution in [-0.2, 0) is 18.9 Å². The molecule has 0 atom stereocenters. The number of nitrogens with zero attached hydrogens (tertiary/aromatic N) is 4. The first kappa shape index (κ1) is 14.9. The van der Waals surface area contributed by atoms with E-state index in [0.717, 1.165) is 4.68 Å². The van der Waals surface area contributed by atoms with E-state index in [1.165, 1.54) is 0 Å². The van der Waals surface area contributed by atoms with Crippen molar-refractivity contribution in [2.24, 2.45) is 0 Å². The van der Waals surface area contributed by atoms with Crippen LogP contribution in [0.15, 0.2) is 35.5 Å². The predicted molar refractivity (Wildman–Crippen MR) is 70.8 cm³/mol. The fraction of sp³-hybridized carbons (Fsp3) is 0.222. The number of aromatic nitrogens is 4. The highest BCUT2D eigenvalue weighted by Gasteiger charge is 2.25. The number of hydrogen-bond acceptors (Lipinski definition) is 7. The van der Waals surface area contributed by atoms with Crippen LogP contribution in [0, 0.1) is 0 Å². The zero-order chi connectivity index (χ0) is 14.8. The maximum atomic E-state index is 12.0. The third kappa shape index (κ3) is 3.52. The van der Waals surface area contributed by atoms with Gasteiger partial charge in [-0.05, 0) is 22.6 Å². The van der Waals surface area contributed by atoms with Gasteiger partial charge in [-0.2, -0.15) is 4.68 Å². The molecule has 0 saturated heterocycles. The number of para-hydroxylation sites is 1. The zero-order valence-electron chi connectivity index (χ0n) is 9.92. The van der Waals surface area contributed by atoms with Gasteiger partial charge in [-0.25, -0.2) is 16.8 Å². The summed E-state index contributed by atoms with van der Waals surface area (Å²) < 4.78 is 46.8. The van der Waals surface area contributed by atoms with Gasteiger partial charge in [-0.1, -0.05) is 23.3 Å². The molecule has 20 heavy (non-hydrogen) atoms. The molecule has 0 fully saturated rings. The van der Waals surface area contributed by atoms with Crippen LogP contribution >= 0.6 is 10.7 Å². The first-order valence-corrected chi connectivity index (χ1v) is 9.41. The van der Waals surface area contributed by atoms with Crippen LogP contribution in [0.25, 0.3) is 5.69 Å². The van der Waals surface area contributed by atoms with Crippen LogP contribution in [0.4, 0.5) is 0 Å². The Bertz CT molecular complexity index is 801. The third-order valence-electron chi connectivity index (χ3n) is 2.32. The molecule has 0 aliphatic carbocycles. The number of sulfone groups is 1. The lowest BCUT2D eigenvalue weighted by molar-refractivity contribution is 0.579. The van der Waals surface area contributed by atoms with E-state index in [1.807, 2.05) is 0 Å². The van der Waals surface area contributed by atoms with Crippen LogP contribution < -0.4 is 0 Å². The van der Waals surface area contributed by atoms with Gasteiger partial charge in [0.05, 0.1) is 17.2 Å². The number of hydrogen-bond donors (Lipinski definition) is 0. The van der Waals surface area contributed by atoms with Crippen LogP contribution in [-0.4, -0.2) is 48.5 Å². The minimum Gasteiger partial charge on any atom is -0.220 e. The van der Waals surface area contributed by atoms with Crippen LogP contribution in [0.2, 0.25) is 0 Å². The molecule has 0 aliphatic rings. The van der Waals surface area contributed by atoms with Gasteiger partial charge in [-0.3, -0.25) is 0 Å². The normalized spacial score (nSPS) is 12.4. The lowest BCUT2D eigenvalue weighted by Crippen LogP contribution is -2.18. The second-order valence-electron chi connectivity index (χ2n) is 3.77. The van der Waals surface area contributed by atoms with E-state index in [2.05, 4.69) is 15.5 Å². The number of halogens is 1. The highest BCUT2D eigenvalue weighted by Crippen LogP contribution is 2.13. The third-order valence-corrected chi connectivity index (χ3v) is 5.28. The Morgan fingerprint density at radius 2 is 1.70 bits per heavy atom. The molecule has 1 aromatic carbocycles. The summed E-state index contributed by atoms with van der Waals surface area (Å²) >= 11 is 0. The molecule has 0 amide bonds. The Balaban J connectivity index is 2.37. The maximum absolute atomic E-state index is 12.0. The molecule has 0 spiro atoms. The van der Waals surface area contributed by atoms with Gasteiger partial charge < -0.3 is 0 Å². The molecule has 2 aromatic rings. The van der Waals surface area contributed by atoms with Gasteiger partial charge in [0, 0.05) is 10.7 Å². The second-order valence-corrected chi connectivity index (χ2v) is 8.67. The highest BCUT2D eigenvalue weighted by molar-refractivity contribution is 8.14. The second kappa shape index (κ2) is 5.46. The Morgan fingerprint density at radius 1 is 1.05 bits per heavy atom. The summed E-state index contributed by atoms with van der Waals surface area (Å²) in [6.45, 7) is 0. The molecule has 1 aromatic heterocycles. The van der Waals surface area contributed by atoms with E-state index in [0.29, 0.717) is 5.69 Å². The molecule has 8 nitrogen and oxygen atoms in total. The summed E-state index contributed by atoms with van der Waals surface area (Å²) in [6, 6.07) is 8.37. The summed E-state index contributed by atoms with van der Waals surface area (Å²) in [6.07, 6.45) is 0. The summed E-state index contributed by atoms with van der Waals surface area (Å²) in [5.74, 6) is -1.40. The molecule has 0 saturated carbocycles. The van der Waals surface area contributed by atoms with E-state index in [-0.39, 0.29) is 0 Å². The standard InChI is InChI=1S/C9H9ClN4O4S2/c10-20(17,18)7-6-19(15,16)9-11-12-13-14(9)8-4-2-1-3-5-8/h1-5H,6-7H2. The zero-order valence-corrected chi connectivity index (χ0v) is 12.3. The van der Waals surface area contributed by atoms with Crippen molar-refractivity contribution in [3.63, 3.8) is 0 Å². The molecule has 0 aliphatic heterocycles. The molecule has 0 radical (unpaired) electrons. The quantitative estimate of drug-likeness (QED) is 0.706. The Labute approximate surface area is 119 Å². The van der Waals surface area contributed by atoms with E-state index in [9.17, 15) is 16.8 Å². The number of tetrazole rings is 1. The van der Waals surface area contributed by atoms with Gasteiger partial charge in [-0.15, -0.1) is 0 Å². The van der Waals surface area contributed by atoms with Gasteiger partial charge in [0.2, 0.25) is 18.9 Å². The predicted octanol–water partition coefficient (Wildman–Crippen LogP) is 0.00460. The molecule has 0 unspecified atom stereocenters. The fourth-order valence-corrected chi connectivity index (χ4v) is 4.39. The molecule has 2 rings (SSSR count). The monoisotopic (exact) mass is 336 g/mol. The SMILES string of the molecule is O=S(=O)(Cl)CCS(=O)(=O)c1nnnn1-c1ccccc1. The van der Waals surface area contributed by atoms with E-state index in [4.69, 9.17) is 10.7 Å². The lowest BCUT2D eigenvalue weighted by Gasteiger charge is -2.04. The molecular weight excluding hydrogens is 328 g/mol. The van der Waals surface area contributed by atoms with Crippen molar-refractivity contribution in [2.45, 2.75) is 5.16 Å². The Morgan fingerprint density at radius 3 is 2.30 bits per heavy atom. The minimum atomic E-state index is -3.97. The van der Waals surface area contributed by atoms with Gasteiger partial charge in [0.25, 0.3) is 5.16 Å². The molecule has 0 N–H and O–H groups in total. The lowest BCUT2D eigenvalue weighted by atomic mass is 10.3. The van der Waals surface area contributed by atoms with E-state index >= 15 is 0 Å². The van der Waals surface area contributed by atoms with Gasteiger partial charge in [0.1, 0.15) is 0 Å². The van der Waals surface area contributed by atoms with Crippen molar-refractivity contribution in [1.29, 1.82) is 0 Å². The van der Waals surface area contributed by atoms with Gasteiger partial charge >= 0.3 is 0 Å². The van der Waals surface area contributed by atoms with Crippen molar-refractivity contribution in [3.05, 3.63) is 30.3 Å². The topological polar surface area (TPSA) is 112 Å². The van der Waals surface area contributed by atoms with Crippen molar-refractivity contribution >= 4 is 29.6 Å². The Hall–Kier alpha value is -1.52. The number of benzene rings is 1. The van der Waals surface area contributed by atoms with Crippen LogP contribution in [0.5, 0.6) is 0 Å². The van der Waals surface area contributed by atoms with E-state index in [1.54, 1.807) is 30.3 Å². The summed E-state index contributed by atoms with van der Waals surface area (Å²) in [5, 5.41) is 9.92. The fourth-order valence-electron chi connectivity index (χ4n) is 1.40. The van der Waals surface area contributed by atoms with Crippen molar-refractivity contribution in [2.75, 3.05) is 11.5 Å². The van der Waals surface area contributed by atoms with Crippen LogP contribution in [0.1, 0.15) is 0 Å². The molecule has 0 bridgehead atoms. The summed E-state index contributed by atoms with van der Waals surface area (Å²) in [5.41, 5.74) is 0.449. The van der Waals surface area contributed by atoms with Gasteiger partial charge in [0.15, 0.2) is 0 Å². The molecule has 1 heterocycles. The summed E-state index contributed by atoms with van der Waals surface area (Å²) in [4.78, 5) is 0. The van der Waals surface area contributed by atoms with Crippen molar-refractivity contribution < 1.29 is 16.8 Å². The average molecular weight is 337 g/mol. The molecule has 11 heteroatoms. The van der Waals surface area contributed by atoms with Crippen molar-refractivity contribution in [1.82, 2.24) is 20.2 Å². The largest absolute Gasteiger partial charge is 0.272 e. The van der Waals surface area contributed by atoms with Crippen molar-refractivity contribution in [3.8, 4) is 5.69 Å². The Kier molecular flexibility index (Phi) is 4.06. The molecular formula is C9H9ClN4O4S2. The molecule has 108 valence electrons. The maximum Gasteiger partial charge on any atom is 0.272 e. The average Bonchev–Trinajstić information content (AvgIpc) is 2.87. The first-order chi connectivity index (χ1) is 9.30. The number of rotatable bonds is 5. The highest BCUT2D eigenvalue weighted by atomic mass is 35.7. The van der Waals surface area contributed by atoms with Crippen LogP contribution in [0.3, 0.4) is 0 Å². The first-order valence-electron chi connectivity index (χ1n) is 5.28.